The standard InChI is InChI=1S/C13H11FN4O/c1-7-2-8(14)3-11-10(7)4-12(18-11)13(19)17-9-5-15-16-6-9/h2-6,18H,1H3,(H,15,16)(H,17,19). The molecule has 96 valence electrons. The van der Waals surface area contributed by atoms with E-state index in [1.165, 1.54) is 18.3 Å². The van der Waals surface area contributed by atoms with Crippen molar-refractivity contribution >= 4 is 22.5 Å². The number of amides is 1. The van der Waals surface area contributed by atoms with Crippen molar-refractivity contribution in [2.24, 2.45) is 0 Å². The molecule has 0 aliphatic heterocycles. The first-order chi connectivity index (χ1) is 9.13. The van der Waals surface area contributed by atoms with Gasteiger partial charge in [0.25, 0.3) is 5.91 Å². The third-order valence-corrected chi connectivity index (χ3v) is 2.91. The summed E-state index contributed by atoms with van der Waals surface area (Å²) in [6, 6.07) is 4.52. The summed E-state index contributed by atoms with van der Waals surface area (Å²) in [4.78, 5) is 14.9. The highest BCUT2D eigenvalue weighted by Gasteiger charge is 2.12. The number of carbonyl (C=O) groups is 1. The van der Waals surface area contributed by atoms with Gasteiger partial charge in [0.05, 0.1) is 11.9 Å². The van der Waals surface area contributed by atoms with E-state index in [0.717, 1.165) is 10.9 Å². The number of aryl methyl sites for hydroxylation is 1. The number of anilines is 1. The highest BCUT2D eigenvalue weighted by molar-refractivity contribution is 6.06. The number of fused-ring (bicyclic) bond motifs is 1. The number of nitrogens with zero attached hydrogens (tertiary/aromatic N) is 1. The number of nitrogens with one attached hydrogen (secondary N) is 3. The average Bonchev–Trinajstić information content (AvgIpc) is 2.97. The lowest BCUT2D eigenvalue weighted by atomic mass is 10.1. The third-order valence-electron chi connectivity index (χ3n) is 2.91. The molecule has 0 unspecified atom stereocenters. The summed E-state index contributed by atoms with van der Waals surface area (Å²) in [7, 11) is 0. The van der Waals surface area contributed by atoms with Crippen molar-refractivity contribution in [1.29, 1.82) is 0 Å². The van der Waals surface area contributed by atoms with E-state index >= 15 is 0 Å². The van der Waals surface area contributed by atoms with E-state index in [2.05, 4.69) is 20.5 Å². The monoisotopic (exact) mass is 258 g/mol. The molecule has 19 heavy (non-hydrogen) atoms. The van der Waals surface area contributed by atoms with Crippen molar-refractivity contribution in [3.8, 4) is 0 Å². The van der Waals surface area contributed by atoms with Crippen molar-refractivity contribution in [3.63, 3.8) is 0 Å². The number of hydrogen-bond donors (Lipinski definition) is 3. The van der Waals surface area contributed by atoms with Crippen LogP contribution in [0.25, 0.3) is 10.9 Å². The van der Waals surface area contributed by atoms with E-state index in [4.69, 9.17) is 0 Å². The lowest BCUT2D eigenvalue weighted by Crippen LogP contribution is -2.11. The van der Waals surface area contributed by atoms with E-state index in [9.17, 15) is 9.18 Å². The normalized spacial score (nSPS) is 10.8. The Kier molecular flexibility index (Phi) is 2.56. The second-order valence-corrected chi connectivity index (χ2v) is 4.31. The molecule has 6 heteroatoms. The van der Waals surface area contributed by atoms with Crippen molar-refractivity contribution in [1.82, 2.24) is 15.2 Å². The van der Waals surface area contributed by atoms with Gasteiger partial charge in [-0.25, -0.2) is 4.39 Å². The second kappa shape index (κ2) is 4.24. The second-order valence-electron chi connectivity index (χ2n) is 4.31. The molecule has 1 aromatic carbocycles. The van der Waals surface area contributed by atoms with Gasteiger partial charge in [-0.3, -0.25) is 9.89 Å². The molecule has 0 bridgehead atoms. The molecule has 0 saturated carbocycles. The van der Waals surface area contributed by atoms with Crippen LogP contribution in [0.1, 0.15) is 16.1 Å². The smallest absolute Gasteiger partial charge is 0.272 e. The largest absolute Gasteiger partial charge is 0.350 e. The van der Waals surface area contributed by atoms with Gasteiger partial charge in [-0.15, -0.1) is 0 Å². The van der Waals surface area contributed by atoms with E-state index in [1.54, 1.807) is 19.2 Å². The molecule has 2 heterocycles. The highest BCUT2D eigenvalue weighted by Crippen LogP contribution is 2.21. The van der Waals surface area contributed by atoms with E-state index < -0.39 is 0 Å². The summed E-state index contributed by atoms with van der Waals surface area (Å²) >= 11 is 0. The van der Waals surface area contributed by atoms with E-state index in [1.807, 2.05) is 0 Å². The number of aromatic nitrogens is 3. The van der Waals surface area contributed by atoms with Gasteiger partial charge in [0.2, 0.25) is 0 Å². The molecule has 3 N–H and O–H groups in total. The number of carbonyl (C=O) groups excluding carboxylic acids is 1. The summed E-state index contributed by atoms with van der Waals surface area (Å²) in [5.74, 6) is -0.619. The van der Waals surface area contributed by atoms with Crippen LogP contribution < -0.4 is 5.32 Å². The molecule has 0 atom stereocenters. The summed E-state index contributed by atoms with van der Waals surface area (Å²) in [6.45, 7) is 1.80. The minimum Gasteiger partial charge on any atom is -0.350 e. The van der Waals surface area contributed by atoms with Crippen LogP contribution in [0.4, 0.5) is 10.1 Å². The number of hydrogen-bond acceptors (Lipinski definition) is 2. The fraction of sp³-hybridized carbons (Fsp3) is 0.0769. The van der Waals surface area contributed by atoms with Gasteiger partial charge in [-0.1, -0.05) is 0 Å². The van der Waals surface area contributed by atoms with Crippen LogP contribution in [0, 0.1) is 12.7 Å². The number of rotatable bonds is 2. The van der Waals surface area contributed by atoms with Gasteiger partial charge in [0, 0.05) is 17.1 Å². The fourth-order valence-corrected chi connectivity index (χ4v) is 2.01. The molecule has 0 radical (unpaired) electrons. The fourth-order valence-electron chi connectivity index (χ4n) is 2.01. The first-order valence-electron chi connectivity index (χ1n) is 5.72. The summed E-state index contributed by atoms with van der Waals surface area (Å²) in [6.07, 6.45) is 3.08. The van der Waals surface area contributed by atoms with Crippen molar-refractivity contribution < 1.29 is 9.18 Å². The van der Waals surface area contributed by atoms with Gasteiger partial charge < -0.3 is 10.3 Å². The van der Waals surface area contributed by atoms with Gasteiger partial charge in [-0.05, 0) is 30.7 Å². The van der Waals surface area contributed by atoms with Crippen molar-refractivity contribution in [2.45, 2.75) is 6.92 Å². The number of benzene rings is 1. The number of halogens is 1. The zero-order valence-electron chi connectivity index (χ0n) is 10.1. The van der Waals surface area contributed by atoms with Gasteiger partial charge >= 0.3 is 0 Å². The quantitative estimate of drug-likeness (QED) is 0.661. The molecule has 5 nitrogen and oxygen atoms in total. The lowest BCUT2D eigenvalue weighted by Gasteiger charge is -1.98. The molecule has 0 saturated heterocycles. The predicted octanol–water partition coefficient (Wildman–Crippen LogP) is 2.59. The minimum absolute atomic E-state index is 0.294. The Bertz CT molecular complexity index is 745. The third kappa shape index (κ3) is 2.08. The maximum Gasteiger partial charge on any atom is 0.272 e. The Balaban J connectivity index is 1.97. The molecule has 1 amide bonds. The molecule has 0 aliphatic carbocycles. The summed E-state index contributed by atoms with van der Waals surface area (Å²) in [5, 5.41) is 9.85. The zero-order chi connectivity index (χ0) is 13.4. The van der Waals surface area contributed by atoms with Crippen LogP contribution in [0.15, 0.2) is 30.6 Å². The number of H-pyrrole nitrogens is 2. The SMILES string of the molecule is Cc1cc(F)cc2[nH]c(C(=O)Nc3cn[nH]c3)cc12. The molecule has 0 spiro atoms. The Hall–Kier alpha value is -2.63. The summed E-state index contributed by atoms with van der Waals surface area (Å²) < 4.78 is 13.3. The summed E-state index contributed by atoms with van der Waals surface area (Å²) in [5.41, 5.74) is 2.35. The first kappa shape index (κ1) is 11.5. The molecule has 0 fully saturated rings. The Morgan fingerprint density at radius 1 is 1.37 bits per heavy atom. The molecule has 3 rings (SSSR count). The van der Waals surface area contributed by atoms with Crippen molar-refractivity contribution in [3.05, 3.63) is 47.7 Å². The molecule has 3 aromatic rings. The maximum absolute atomic E-state index is 13.3. The predicted molar refractivity (Wildman–Crippen MR) is 69.5 cm³/mol. The average molecular weight is 258 g/mol. The van der Waals surface area contributed by atoms with Crippen LogP contribution in [0.2, 0.25) is 0 Å². The van der Waals surface area contributed by atoms with Gasteiger partial charge in [0.1, 0.15) is 11.5 Å². The topological polar surface area (TPSA) is 73.6 Å². The van der Waals surface area contributed by atoms with Crippen LogP contribution in [0.5, 0.6) is 0 Å². The zero-order valence-corrected chi connectivity index (χ0v) is 10.1. The highest BCUT2D eigenvalue weighted by atomic mass is 19.1. The molecular weight excluding hydrogens is 247 g/mol. The Labute approximate surface area is 107 Å². The number of aromatic amines is 2. The Morgan fingerprint density at radius 3 is 2.95 bits per heavy atom. The lowest BCUT2D eigenvalue weighted by molar-refractivity contribution is 0.102. The minimum atomic E-state index is -0.325. The Morgan fingerprint density at radius 2 is 2.21 bits per heavy atom. The van der Waals surface area contributed by atoms with E-state index in [-0.39, 0.29) is 11.7 Å². The van der Waals surface area contributed by atoms with Crippen LogP contribution >= 0.6 is 0 Å². The van der Waals surface area contributed by atoms with Crippen LogP contribution in [-0.4, -0.2) is 21.1 Å². The van der Waals surface area contributed by atoms with E-state index in [0.29, 0.717) is 16.9 Å². The molecular formula is C13H11FN4O. The maximum atomic E-state index is 13.3. The van der Waals surface area contributed by atoms with Crippen molar-refractivity contribution in [2.75, 3.05) is 5.32 Å². The first-order valence-corrected chi connectivity index (χ1v) is 5.72. The van der Waals surface area contributed by atoms with Gasteiger partial charge in [-0.2, -0.15) is 5.10 Å². The van der Waals surface area contributed by atoms with Crippen LogP contribution in [-0.2, 0) is 0 Å². The molecule has 2 aromatic heterocycles. The molecule has 0 aliphatic rings. The van der Waals surface area contributed by atoms with Crippen LogP contribution in [0.3, 0.4) is 0 Å². The van der Waals surface area contributed by atoms with Gasteiger partial charge in [0.15, 0.2) is 0 Å².